The number of anilines is 2. The van der Waals surface area contributed by atoms with Gasteiger partial charge in [0.1, 0.15) is 18.0 Å². The van der Waals surface area contributed by atoms with E-state index in [0.717, 1.165) is 29.2 Å². The van der Waals surface area contributed by atoms with Crippen molar-refractivity contribution < 1.29 is 4.79 Å². The average Bonchev–Trinajstić information content (AvgIpc) is 3.42. The molecule has 0 aliphatic heterocycles. The Bertz CT molecular complexity index is 1060. The third-order valence-corrected chi connectivity index (χ3v) is 4.12. The third kappa shape index (κ3) is 3.19. The summed E-state index contributed by atoms with van der Waals surface area (Å²) in [4.78, 5) is 24.8. The van der Waals surface area contributed by atoms with Crippen LogP contribution in [0.5, 0.6) is 0 Å². The van der Waals surface area contributed by atoms with Gasteiger partial charge in [0.2, 0.25) is 11.7 Å². The lowest BCUT2D eigenvalue weighted by molar-refractivity contribution is -0.117. The van der Waals surface area contributed by atoms with Gasteiger partial charge >= 0.3 is 0 Å². The normalized spacial score (nSPS) is 13.2. The number of hydrogen-bond donors (Lipinski definition) is 2. The van der Waals surface area contributed by atoms with Crippen molar-refractivity contribution in [3.05, 3.63) is 36.2 Å². The molecule has 4 rings (SSSR count). The Morgan fingerprint density at radius 2 is 2.04 bits per heavy atom. The van der Waals surface area contributed by atoms with Crippen molar-refractivity contribution in [3.63, 3.8) is 0 Å². The van der Waals surface area contributed by atoms with Crippen molar-refractivity contribution in [3.8, 4) is 11.8 Å². The molecular formula is C18H17N7O. The maximum atomic E-state index is 12.0. The van der Waals surface area contributed by atoms with Crippen molar-refractivity contribution in [2.45, 2.75) is 12.8 Å². The van der Waals surface area contributed by atoms with Gasteiger partial charge in [-0.2, -0.15) is 0 Å². The number of nitrogens with one attached hydrogen (secondary N) is 2. The van der Waals surface area contributed by atoms with E-state index in [1.54, 1.807) is 37.5 Å². The second-order valence-corrected chi connectivity index (χ2v) is 6.14. The minimum atomic E-state index is 0.0186. The highest BCUT2D eigenvalue weighted by Crippen LogP contribution is 2.31. The van der Waals surface area contributed by atoms with Gasteiger partial charge in [0.05, 0.1) is 5.56 Å². The number of aryl methyl sites for hydroxylation is 1. The van der Waals surface area contributed by atoms with Gasteiger partial charge in [0, 0.05) is 43.2 Å². The molecule has 1 fully saturated rings. The first-order valence-electron chi connectivity index (χ1n) is 8.29. The SMILES string of the molecule is CNc1ncc(C#Cc2ncn(C)n2)c2cc(NC(=O)C3CC3)ncc12. The Kier molecular flexibility index (Phi) is 3.97. The summed E-state index contributed by atoms with van der Waals surface area (Å²) in [6, 6.07) is 1.83. The van der Waals surface area contributed by atoms with Crippen LogP contribution in [0.15, 0.2) is 24.8 Å². The molecule has 0 atom stereocenters. The summed E-state index contributed by atoms with van der Waals surface area (Å²) >= 11 is 0. The molecule has 0 unspecified atom stereocenters. The van der Waals surface area contributed by atoms with Gasteiger partial charge in [0.15, 0.2) is 0 Å². The molecule has 3 aromatic rings. The van der Waals surface area contributed by atoms with Crippen molar-refractivity contribution in [2.24, 2.45) is 13.0 Å². The van der Waals surface area contributed by atoms with Gasteiger partial charge in [-0.15, -0.1) is 5.10 Å². The second-order valence-electron chi connectivity index (χ2n) is 6.14. The largest absolute Gasteiger partial charge is 0.373 e. The molecule has 1 aliphatic rings. The van der Waals surface area contributed by atoms with E-state index in [2.05, 4.69) is 42.5 Å². The minimum Gasteiger partial charge on any atom is -0.373 e. The molecule has 130 valence electrons. The van der Waals surface area contributed by atoms with Crippen molar-refractivity contribution in [2.75, 3.05) is 17.7 Å². The molecule has 8 nitrogen and oxygen atoms in total. The topological polar surface area (TPSA) is 97.6 Å². The number of carbonyl (C=O) groups excluding carboxylic acids is 1. The van der Waals surface area contributed by atoms with E-state index < -0.39 is 0 Å². The number of amides is 1. The van der Waals surface area contributed by atoms with E-state index in [1.165, 1.54) is 0 Å². The fourth-order valence-electron chi connectivity index (χ4n) is 2.60. The van der Waals surface area contributed by atoms with E-state index in [0.29, 0.717) is 17.5 Å². The monoisotopic (exact) mass is 347 g/mol. The highest BCUT2D eigenvalue weighted by Gasteiger charge is 2.29. The molecule has 0 radical (unpaired) electrons. The summed E-state index contributed by atoms with van der Waals surface area (Å²) in [5.41, 5.74) is 0.718. The van der Waals surface area contributed by atoms with Crippen molar-refractivity contribution in [1.29, 1.82) is 0 Å². The molecule has 1 amide bonds. The number of fused-ring (bicyclic) bond motifs is 1. The Morgan fingerprint density at radius 1 is 1.19 bits per heavy atom. The van der Waals surface area contributed by atoms with Crippen LogP contribution in [-0.2, 0) is 11.8 Å². The van der Waals surface area contributed by atoms with Crippen molar-refractivity contribution >= 4 is 28.3 Å². The maximum Gasteiger partial charge on any atom is 0.228 e. The van der Waals surface area contributed by atoms with Crippen LogP contribution in [0, 0.1) is 17.8 Å². The van der Waals surface area contributed by atoms with Crippen LogP contribution in [0.1, 0.15) is 24.2 Å². The average molecular weight is 347 g/mol. The van der Waals surface area contributed by atoms with E-state index in [1.807, 2.05) is 6.07 Å². The predicted molar refractivity (Wildman–Crippen MR) is 97.4 cm³/mol. The molecule has 1 aliphatic carbocycles. The number of pyridine rings is 2. The number of rotatable bonds is 3. The Morgan fingerprint density at radius 3 is 2.73 bits per heavy atom. The highest BCUT2D eigenvalue weighted by atomic mass is 16.2. The van der Waals surface area contributed by atoms with Gasteiger partial charge < -0.3 is 10.6 Å². The minimum absolute atomic E-state index is 0.0186. The molecule has 3 heterocycles. The van der Waals surface area contributed by atoms with Gasteiger partial charge in [0.25, 0.3) is 0 Å². The number of hydrogen-bond acceptors (Lipinski definition) is 6. The lowest BCUT2D eigenvalue weighted by atomic mass is 10.1. The summed E-state index contributed by atoms with van der Waals surface area (Å²) in [6.45, 7) is 0. The van der Waals surface area contributed by atoms with E-state index >= 15 is 0 Å². The van der Waals surface area contributed by atoms with Crippen LogP contribution in [0.3, 0.4) is 0 Å². The molecule has 3 aromatic heterocycles. The second kappa shape index (κ2) is 6.44. The molecule has 2 N–H and O–H groups in total. The van der Waals surface area contributed by atoms with Crippen LogP contribution in [-0.4, -0.2) is 37.7 Å². The first-order chi connectivity index (χ1) is 12.6. The van der Waals surface area contributed by atoms with E-state index in [-0.39, 0.29) is 11.8 Å². The van der Waals surface area contributed by atoms with Crippen molar-refractivity contribution in [1.82, 2.24) is 24.7 Å². The Hall–Kier alpha value is -3.47. The molecule has 0 bridgehead atoms. The first kappa shape index (κ1) is 16.0. The Balaban J connectivity index is 1.75. The molecule has 0 aromatic carbocycles. The van der Waals surface area contributed by atoms with Gasteiger partial charge in [-0.25, -0.2) is 15.0 Å². The molecule has 0 spiro atoms. The number of carbonyl (C=O) groups is 1. The zero-order valence-corrected chi connectivity index (χ0v) is 14.4. The lowest BCUT2D eigenvalue weighted by Crippen LogP contribution is -2.14. The zero-order valence-electron chi connectivity index (χ0n) is 14.4. The van der Waals surface area contributed by atoms with Gasteiger partial charge in [-0.1, -0.05) is 5.92 Å². The third-order valence-electron chi connectivity index (χ3n) is 4.12. The highest BCUT2D eigenvalue weighted by molar-refractivity contribution is 5.99. The quantitative estimate of drug-likeness (QED) is 0.698. The van der Waals surface area contributed by atoms with Crippen LogP contribution < -0.4 is 10.6 Å². The molecule has 1 saturated carbocycles. The molecule has 0 saturated heterocycles. The Labute approximate surface area is 150 Å². The summed E-state index contributed by atoms with van der Waals surface area (Å²) in [7, 11) is 3.59. The lowest BCUT2D eigenvalue weighted by Gasteiger charge is -2.09. The summed E-state index contributed by atoms with van der Waals surface area (Å²) < 4.78 is 1.60. The standard InChI is InChI=1S/C18H17N7O/c1-19-17-14-9-20-16(23-18(26)11-3-4-11)7-13(14)12(8-21-17)5-6-15-22-10-25(2)24-15/h7-11H,3-4H2,1-2H3,(H,19,21)(H,20,23,26). The van der Waals surface area contributed by atoms with E-state index in [4.69, 9.17) is 0 Å². The van der Waals surface area contributed by atoms with E-state index in [9.17, 15) is 4.79 Å². The number of aromatic nitrogens is 5. The smallest absolute Gasteiger partial charge is 0.228 e. The summed E-state index contributed by atoms with van der Waals surface area (Å²) in [5.74, 6) is 7.80. The summed E-state index contributed by atoms with van der Waals surface area (Å²) in [6.07, 6.45) is 6.87. The van der Waals surface area contributed by atoms with Crippen LogP contribution >= 0.6 is 0 Å². The predicted octanol–water partition coefficient (Wildman–Crippen LogP) is 1.55. The molecule has 26 heavy (non-hydrogen) atoms. The fraction of sp³-hybridized carbons (Fsp3) is 0.278. The van der Waals surface area contributed by atoms with Crippen LogP contribution in [0.4, 0.5) is 11.6 Å². The number of nitrogens with zero attached hydrogens (tertiary/aromatic N) is 5. The van der Waals surface area contributed by atoms with Gasteiger partial charge in [-0.3, -0.25) is 9.48 Å². The fourth-order valence-corrected chi connectivity index (χ4v) is 2.60. The van der Waals surface area contributed by atoms with Crippen LogP contribution in [0.25, 0.3) is 10.8 Å². The van der Waals surface area contributed by atoms with Crippen LogP contribution in [0.2, 0.25) is 0 Å². The zero-order chi connectivity index (χ0) is 18.1. The summed E-state index contributed by atoms with van der Waals surface area (Å²) in [5, 5.41) is 11.8. The maximum absolute atomic E-state index is 12.0. The molecule has 8 heteroatoms. The van der Waals surface area contributed by atoms with Gasteiger partial charge in [-0.05, 0) is 24.8 Å². The molecular weight excluding hydrogens is 330 g/mol. The first-order valence-corrected chi connectivity index (χ1v) is 8.29.